The van der Waals surface area contributed by atoms with Crippen LogP contribution in [0.2, 0.25) is 0 Å². The lowest BCUT2D eigenvalue weighted by Crippen LogP contribution is -2.39. The second-order valence-corrected chi connectivity index (χ2v) is 5.15. The third-order valence-electron chi connectivity index (χ3n) is 3.92. The molecule has 0 spiro atoms. The van der Waals surface area contributed by atoms with E-state index >= 15 is 0 Å². The zero-order valence-electron chi connectivity index (χ0n) is 11.0. The Morgan fingerprint density at radius 3 is 2.83 bits per heavy atom. The van der Waals surface area contributed by atoms with Crippen LogP contribution in [0, 0.1) is 5.92 Å². The maximum absolute atomic E-state index is 11.0. The topological polar surface area (TPSA) is 53.4 Å². The molecule has 0 aromatic carbocycles. The summed E-state index contributed by atoms with van der Waals surface area (Å²) in [5.74, 6) is 0.497. The van der Waals surface area contributed by atoms with Crippen molar-refractivity contribution >= 4 is 11.8 Å². The maximum atomic E-state index is 11.0. The van der Waals surface area contributed by atoms with Crippen LogP contribution in [0.1, 0.15) is 43.0 Å². The molecule has 98 valence electrons. The van der Waals surface area contributed by atoms with Crippen molar-refractivity contribution in [1.29, 1.82) is 0 Å². The number of pyridine rings is 1. The quantitative estimate of drug-likeness (QED) is 0.893. The maximum Gasteiger partial charge on any atom is 0.335 e. The van der Waals surface area contributed by atoms with Crippen molar-refractivity contribution in [2.45, 2.75) is 38.6 Å². The summed E-state index contributed by atoms with van der Waals surface area (Å²) in [5.41, 5.74) is 0.301. The van der Waals surface area contributed by atoms with Crippen LogP contribution in [0.15, 0.2) is 18.3 Å². The molecular weight excluding hydrogens is 228 g/mol. The molecule has 0 amide bonds. The molecule has 4 nitrogen and oxygen atoms in total. The highest BCUT2D eigenvalue weighted by Gasteiger charge is 2.25. The molecular formula is C14H20N2O2. The molecule has 1 saturated carbocycles. The molecule has 1 aliphatic carbocycles. The zero-order chi connectivity index (χ0) is 13.1. The summed E-state index contributed by atoms with van der Waals surface area (Å²) < 4.78 is 0. The number of rotatable bonds is 3. The van der Waals surface area contributed by atoms with E-state index in [4.69, 9.17) is 5.11 Å². The monoisotopic (exact) mass is 248 g/mol. The standard InChI is InChI=1S/C14H20N2O2/c1-10-5-3-4-6-12(10)16(2)13-9-11(14(17)18)7-8-15-13/h7-10,12H,3-6H2,1-2H3,(H,17,18). The number of carboxylic acid groups (broad SMARTS) is 1. The van der Waals surface area contributed by atoms with Crippen molar-refractivity contribution in [2.75, 3.05) is 11.9 Å². The van der Waals surface area contributed by atoms with Gasteiger partial charge in [0, 0.05) is 19.3 Å². The summed E-state index contributed by atoms with van der Waals surface area (Å²) in [6, 6.07) is 3.66. The van der Waals surface area contributed by atoms with Gasteiger partial charge in [-0.25, -0.2) is 9.78 Å². The van der Waals surface area contributed by atoms with Crippen LogP contribution >= 0.6 is 0 Å². The van der Waals surface area contributed by atoms with Gasteiger partial charge in [-0.2, -0.15) is 0 Å². The first kappa shape index (κ1) is 12.9. The third kappa shape index (κ3) is 2.63. The Morgan fingerprint density at radius 1 is 1.44 bits per heavy atom. The van der Waals surface area contributed by atoms with Crippen molar-refractivity contribution in [3.8, 4) is 0 Å². The molecule has 1 aromatic heterocycles. The summed E-state index contributed by atoms with van der Waals surface area (Å²) in [7, 11) is 2.01. The average molecular weight is 248 g/mol. The number of nitrogens with zero attached hydrogens (tertiary/aromatic N) is 2. The molecule has 1 aliphatic rings. The fourth-order valence-electron chi connectivity index (χ4n) is 2.79. The van der Waals surface area contributed by atoms with Crippen molar-refractivity contribution in [3.63, 3.8) is 0 Å². The van der Waals surface area contributed by atoms with Crippen LogP contribution in [-0.2, 0) is 0 Å². The van der Waals surface area contributed by atoms with Gasteiger partial charge in [0.1, 0.15) is 5.82 Å². The van der Waals surface area contributed by atoms with Crippen LogP contribution in [0.25, 0.3) is 0 Å². The van der Waals surface area contributed by atoms with E-state index in [0.29, 0.717) is 17.5 Å². The lowest BCUT2D eigenvalue weighted by atomic mass is 9.85. The second kappa shape index (κ2) is 5.38. The van der Waals surface area contributed by atoms with Gasteiger partial charge in [-0.15, -0.1) is 0 Å². The summed E-state index contributed by atoms with van der Waals surface area (Å²) in [5, 5.41) is 9.01. The molecule has 0 bridgehead atoms. The molecule has 1 aromatic rings. The van der Waals surface area contributed by atoms with Crippen LogP contribution in [0.4, 0.5) is 5.82 Å². The zero-order valence-corrected chi connectivity index (χ0v) is 11.0. The van der Waals surface area contributed by atoms with E-state index in [1.807, 2.05) is 7.05 Å². The number of anilines is 1. The fourth-order valence-corrected chi connectivity index (χ4v) is 2.79. The van der Waals surface area contributed by atoms with Gasteiger partial charge in [-0.1, -0.05) is 19.8 Å². The largest absolute Gasteiger partial charge is 0.478 e. The van der Waals surface area contributed by atoms with Gasteiger partial charge >= 0.3 is 5.97 Å². The molecule has 2 unspecified atom stereocenters. The number of hydrogen-bond donors (Lipinski definition) is 1. The SMILES string of the molecule is CC1CCCCC1N(C)c1cc(C(=O)O)ccn1. The molecule has 1 heterocycles. The number of aromatic carboxylic acids is 1. The predicted octanol–water partition coefficient (Wildman–Crippen LogP) is 2.79. The molecule has 4 heteroatoms. The molecule has 18 heavy (non-hydrogen) atoms. The Labute approximate surface area is 108 Å². The number of carbonyl (C=O) groups is 1. The minimum atomic E-state index is -0.899. The molecule has 2 atom stereocenters. The van der Waals surface area contributed by atoms with E-state index in [0.717, 1.165) is 12.2 Å². The van der Waals surface area contributed by atoms with Gasteiger partial charge in [0.25, 0.3) is 0 Å². The Hall–Kier alpha value is -1.58. The number of carboxylic acids is 1. The summed E-state index contributed by atoms with van der Waals surface area (Å²) >= 11 is 0. The normalized spacial score (nSPS) is 23.7. The fraction of sp³-hybridized carbons (Fsp3) is 0.571. The molecule has 1 fully saturated rings. The molecule has 0 radical (unpaired) electrons. The second-order valence-electron chi connectivity index (χ2n) is 5.15. The van der Waals surface area contributed by atoms with Crippen LogP contribution in [-0.4, -0.2) is 29.1 Å². The molecule has 0 saturated heterocycles. The van der Waals surface area contributed by atoms with Gasteiger partial charge in [0.15, 0.2) is 0 Å². The van der Waals surface area contributed by atoms with Crippen molar-refractivity contribution in [2.24, 2.45) is 5.92 Å². The molecule has 1 N–H and O–H groups in total. The van der Waals surface area contributed by atoms with Crippen molar-refractivity contribution in [1.82, 2.24) is 4.98 Å². The third-order valence-corrected chi connectivity index (χ3v) is 3.92. The summed E-state index contributed by atoms with van der Waals surface area (Å²) in [4.78, 5) is 17.4. The van der Waals surface area contributed by atoms with Crippen LogP contribution in [0.3, 0.4) is 0 Å². The van der Waals surface area contributed by atoms with Gasteiger partial charge in [-0.3, -0.25) is 0 Å². The van der Waals surface area contributed by atoms with Gasteiger partial charge in [0.2, 0.25) is 0 Å². The number of hydrogen-bond acceptors (Lipinski definition) is 3. The minimum Gasteiger partial charge on any atom is -0.478 e. The van der Waals surface area contributed by atoms with Gasteiger partial charge < -0.3 is 10.0 Å². The van der Waals surface area contributed by atoms with E-state index in [-0.39, 0.29) is 0 Å². The van der Waals surface area contributed by atoms with Crippen molar-refractivity contribution in [3.05, 3.63) is 23.9 Å². The first-order valence-electron chi connectivity index (χ1n) is 6.52. The average Bonchev–Trinajstić information content (AvgIpc) is 2.38. The van der Waals surface area contributed by atoms with Gasteiger partial charge in [-0.05, 0) is 30.9 Å². The smallest absolute Gasteiger partial charge is 0.335 e. The summed E-state index contributed by atoms with van der Waals surface area (Å²) in [6.07, 6.45) is 6.53. The highest BCUT2D eigenvalue weighted by atomic mass is 16.4. The van der Waals surface area contributed by atoms with E-state index in [2.05, 4.69) is 16.8 Å². The first-order valence-corrected chi connectivity index (χ1v) is 6.52. The number of aromatic nitrogens is 1. The first-order chi connectivity index (χ1) is 8.59. The van der Waals surface area contributed by atoms with E-state index < -0.39 is 5.97 Å². The Balaban J connectivity index is 2.19. The molecule has 0 aliphatic heterocycles. The Bertz CT molecular complexity index is 434. The van der Waals surface area contributed by atoms with Crippen molar-refractivity contribution < 1.29 is 9.90 Å². The van der Waals surface area contributed by atoms with Crippen LogP contribution in [0.5, 0.6) is 0 Å². The van der Waals surface area contributed by atoms with E-state index in [9.17, 15) is 4.79 Å². The van der Waals surface area contributed by atoms with Crippen LogP contribution < -0.4 is 4.90 Å². The molecule has 2 rings (SSSR count). The minimum absolute atomic E-state index is 0.301. The lowest BCUT2D eigenvalue weighted by molar-refractivity contribution is 0.0697. The lowest BCUT2D eigenvalue weighted by Gasteiger charge is -2.37. The Morgan fingerprint density at radius 2 is 2.17 bits per heavy atom. The Kier molecular flexibility index (Phi) is 3.84. The highest BCUT2D eigenvalue weighted by Crippen LogP contribution is 2.29. The highest BCUT2D eigenvalue weighted by molar-refractivity contribution is 5.88. The van der Waals surface area contributed by atoms with Gasteiger partial charge in [0.05, 0.1) is 5.56 Å². The van der Waals surface area contributed by atoms with E-state index in [1.54, 1.807) is 12.3 Å². The predicted molar refractivity (Wildman–Crippen MR) is 71.0 cm³/mol. The van der Waals surface area contributed by atoms with E-state index in [1.165, 1.54) is 25.3 Å². The summed E-state index contributed by atoms with van der Waals surface area (Å²) in [6.45, 7) is 2.27.